The number of halogens is 1. The molecule has 25 heavy (non-hydrogen) atoms. The fourth-order valence-electron chi connectivity index (χ4n) is 2.07. The molecule has 5 nitrogen and oxygen atoms in total. The summed E-state index contributed by atoms with van der Waals surface area (Å²) >= 11 is 0. The minimum absolute atomic E-state index is 0. The van der Waals surface area contributed by atoms with E-state index < -0.39 is 9.84 Å². The third-order valence-corrected chi connectivity index (χ3v) is 4.66. The van der Waals surface area contributed by atoms with Gasteiger partial charge in [0.2, 0.25) is 0 Å². The molecule has 0 bridgehead atoms. The Labute approximate surface area is 170 Å². The molecule has 0 spiro atoms. The van der Waals surface area contributed by atoms with E-state index in [1.807, 2.05) is 19.1 Å². The molecule has 0 unspecified atom stereocenters. The van der Waals surface area contributed by atoms with Crippen LogP contribution in [0, 0.1) is 5.41 Å². The molecule has 2 N–H and O–H groups in total. The predicted molar refractivity (Wildman–Crippen MR) is 117 cm³/mol. The third kappa shape index (κ3) is 10.7. The average molecular weight is 481 g/mol. The van der Waals surface area contributed by atoms with E-state index in [4.69, 9.17) is 0 Å². The van der Waals surface area contributed by atoms with Gasteiger partial charge in [-0.15, -0.1) is 24.0 Å². The molecule has 0 saturated carbocycles. The van der Waals surface area contributed by atoms with Gasteiger partial charge in [0.1, 0.15) is 0 Å². The second-order valence-corrected chi connectivity index (χ2v) is 9.18. The van der Waals surface area contributed by atoms with Crippen molar-refractivity contribution in [2.45, 2.75) is 45.4 Å². The summed E-state index contributed by atoms with van der Waals surface area (Å²) in [6.45, 7) is 11.0. The molecule has 0 fully saturated rings. The highest BCUT2D eigenvalue weighted by atomic mass is 127. The Bertz CT molecular complexity index is 635. The second-order valence-electron chi connectivity index (χ2n) is 7.16. The van der Waals surface area contributed by atoms with Crippen molar-refractivity contribution in [2.24, 2.45) is 10.4 Å². The lowest BCUT2D eigenvalue weighted by Gasteiger charge is -2.17. The van der Waals surface area contributed by atoms with E-state index in [0.717, 1.165) is 44.0 Å². The van der Waals surface area contributed by atoms with Gasteiger partial charge in [0.05, 0.1) is 4.90 Å². The van der Waals surface area contributed by atoms with Crippen LogP contribution in [0.2, 0.25) is 0 Å². The van der Waals surface area contributed by atoms with Crippen LogP contribution < -0.4 is 10.6 Å². The summed E-state index contributed by atoms with van der Waals surface area (Å²) in [5.41, 5.74) is 1.38. The number of hydrogen-bond donors (Lipinski definition) is 2. The molecule has 0 radical (unpaired) electrons. The maximum absolute atomic E-state index is 11.5. The van der Waals surface area contributed by atoms with Crippen LogP contribution in [-0.2, 0) is 16.3 Å². The summed E-state index contributed by atoms with van der Waals surface area (Å²) in [7, 11) is -3.13. The van der Waals surface area contributed by atoms with Gasteiger partial charge in [-0.3, -0.25) is 4.99 Å². The summed E-state index contributed by atoms with van der Waals surface area (Å²) in [6, 6.07) is 7.05. The second kappa shape index (κ2) is 11.0. The zero-order valence-electron chi connectivity index (χ0n) is 15.9. The molecule has 0 atom stereocenters. The quantitative estimate of drug-likeness (QED) is 0.357. The molecule has 144 valence electrons. The summed E-state index contributed by atoms with van der Waals surface area (Å²) in [4.78, 5) is 4.95. The fraction of sp³-hybridized carbons (Fsp3) is 0.611. The Hall–Kier alpha value is -0.830. The van der Waals surface area contributed by atoms with Gasteiger partial charge in [0.25, 0.3) is 0 Å². The first-order valence-electron chi connectivity index (χ1n) is 8.43. The molecular weight excluding hydrogens is 449 g/mol. The normalized spacial score (nSPS) is 12.4. The number of nitrogens with zero attached hydrogens (tertiary/aromatic N) is 1. The number of aliphatic imine (C=N–C) groups is 1. The van der Waals surface area contributed by atoms with Crippen LogP contribution in [0.4, 0.5) is 0 Å². The van der Waals surface area contributed by atoms with E-state index >= 15 is 0 Å². The molecule has 0 aliphatic heterocycles. The summed E-state index contributed by atoms with van der Waals surface area (Å²) in [6.07, 6.45) is 3.07. The smallest absolute Gasteiger partial charge is 0.191 e. The van der Waals surface area contributed by atoms with Crippen molar-refractivity contribution in [3.05, 3.63) is 29.8 Å². The van der Waals surface area contributed by atoms with Crippen LogP contribution in [0.1, 0.15) is 39.7 Å². The first kappa shape index (κ1) is 24.2. The molecule has 0 heterocycles. The van der Waals surface area contributed by atoms with Gasteiger partial charge in [-0.05, 0) is 42.9 Å². The lowest BCUT2D eigenvalue weighted by molar-refractivity contribution is 0.385. The summed E-state index contributed by atoms with van der Waals surface area (Å²) in [5.74, 6) is 0.828. The molecule has 1 rings (SSSR count). The number of rotatable bonds is 7. The summed E-state index contributed by atoms with van der Waals surface area (Å²) < 4.78 is 22.9. The molecule has 0 aliphatic rings. The van der Waals surface area contributed by atoms with Gasteiger partial charge in [-0.2, -0.15) is 0 Å². The minimum atomic E-state index is -3.13. The van der Waals surface area contributed by atoms with E-state index in [2.05, 4.69) is 36.4 Å². The average Bonchev–Trinajstić information content (AvgIpc) is 2.45. The molecule has 7 heteroatoms. The van der Waals surface area contributed by atoms with Gasteiger partial charge < -0.3 is 10.6 Å². The van der Waals surface area contributed by atoms with Crippen molar-refractivity contribution in [2.75, 3.05) is 25.9 Å². The highest BCUT2D eigenvalue weighted by Gasteiger charge is 2.09. The van der Waals surface area contributed by atoms with Gasteiger partial charge in [0, 0.05) is 25.9 Å². The lowest BCUT2D eigenvalue weighted by atomic mass is 9.93. The zero-order valence-corrected chi connectivity index (χ0v) is 19.1. The van der Waals surface area contributed by atoms with Crippen LogP contribution in [0.15, 0.2) is 34.2 Å². The Kier molecular flexibility index (Phi) is 10.6. The van der Waals surface area contributed by atoms with Gasteiger partial charge in [-0.25, -0.2) is 8.42 Å². The Morgan fingerprint density at radius 1 is 1.12 bits per heavy atom. The maximum atomic E-state index is 11.5. The van der Waals surface area contributed by atoms with Crippen LogP contribution in [0.5, 0.6) is 0 Å². The van der Waals surface area contributed by atoms with E-state index in [0.29, 0.717) is 4.90 Å². The molecule has 1 aromatic rings. The maximum Gasteiger partial charge on any atom is 0.191 e. The van der Waals surface area contributed by atoms with Gasteiger partial charge in [0.15, 0.2) is 15.8 Å². The number of nitrogens with one attached hydrogen (secondary N) is 2. The van der Waals surface area contributed by atoms with E-state index in [9.17, 15) is 8.42 Å². The van der Waals surface area contributed by atoms with Crippen molar-refractivity contribution < 1.29 is 8.42 Å². The van der Waals surface area contributed by atoms with Crippen molar-refractivity contribution in [1.29, 1.82) is 0 Å². The highest BCUT2D eigenvalue weighted by Crippen LogP contribution is 2.17. The van der Waals surface area contributed by atoms with Crippen LogP contribution in [0.25, 0.3) is 0 Å². The fourth-order valence-corrected chi connectivity index (χ4v) is 2.70. The largest absolute Gasteiger partial charge is 0.357 e. The molecule has 0 amide bonds. The van der Waals surface area contributed by atoms with Crippen molar-refractivity contribution in [3.63, 3.8) is 0 Å². The molecular formula is C18H32IN3O2S. The summed E-state index contributed by atoms with van der Waals surface area (Å²) in [5, 5.41) is 6.56. The SMILES string of the molecule is CCNC(=NCCC(C)(C)C)NCCc1ccc(S(C)(=O)=O)cc1.I. The van der Waals surface area contributed by atoms with Crippen LogP contribution >= 0.6 is 24.0 Å². The van der Waals surface area contributed by atoms with E-state index in [-0.39, 0.29) is 29.4 Å². The van der Waals surface area contributed by atoms with Crippen molar-refractivity contribution in [1.82, 2.24) is 10.6 Å². The number of benzene rings is 1. The van der Waals surface area contributed by atoms with E-state index in [1.54, 1.807) is 12.1 Å². The molecule has 0 aliphatic carbocycles. The lowest BCUT2D eigenvalue weighted by Crippen LogP contribution is -2.38. The van der Waals surface area contributed by atoms with Gasteiger partial charge >= 0.3 is 0 Å². The first-order valence-corrected chi connectivity index (χ1v) is 10.3. The van der Waals surface area contributed by atoms with Crippen molar-refractivity contribution in [3.8, 4) is 0 Å². The Balaban J connectivity index is 0.00000576. The molecule has 0 saturated heterocycles. The number of hydrogen-bond acceptors (Lipinski definition) is 3. The van der Waals surface area contributed by atoms with Gasteiger partial charge in [-0.1, -0.05) is 32.9 Å². The first-order chi connectivity index (χ1) is 11.1. The zero-order chi connectivity index (χ0) is 18.2. The monoisotopic (exact) mass is 481 g/mol. The molecule has 1 aromatic carbocycles. The molecule has 0 aromatic heterocycles. The van der Waals surface area contributed by atoms with E-state index in [1.165, 1.54) is 6.26 Å². The highest BCUT2D eigenvalue weighted by molar-refractivity contribution is 14.0. The predicted octanol–water partition coefficient (Wildman–Crippen LogP) is 3.24. The number of sulfone groups is 1. The minimum Gasteiger partial charge on any atom is -0.357 e. The topological polar surface area (TPSA) is 70.6 Å². The Morgan fingerprint density at radius 2 is 1.72 bits per heavy atom. The Morgan fingerprint density at radius 3 is 2.20 bits per heavy atom. The van der Waals surface area contributed by atoms with Crippen LogP contribution in [-0.4, -0.2) is 40.3 Å². The van der Waals surface area contributed by atoms with Crippen LogP contribution in [0.3, 0.4) is 0 Å². The standard InChI is InChI=1S/C18H31N3O2S.HI/c1-6-19-17(21-14-12-18(2,3)4)20-13-11-15-7-9-16(10-8-15)24(5,22)23;/h7-10H,6,11-14H2,1-5H3,(H2,19,20,21);1H. The third-order valence-electron chi connectivity index (χ3n) is 3.53. The van der Waals surface area contributed by atoms with Crippen molar-refractivity contribution >= 4 is 39.8 Å². The number of guanidine groups is 1.